The van der Waals surface area contributed by atoms with Crippen molar-refractivity contribution >= 4 is 65.9 Å². The van der Waals surface area contributed by atoms with Gasteiger partial charge in [-0.25, -0.2) is 4.98 Å². The maximum Gasteiger partial charge on any atom is 0.145 e. The molecule has 0 atom stereocenters. The minimum atomic E-state index is 0.695. The first-order chi connectivity index (χ1) is 24.7. The highest BCUT2D eigenvalue weighted by Gasteiger charge is 2.18. The number of aromatic nitrogens is 3. The Balaban J connectivity index is 1.11. The molecule has 0 saturated carbocycles. The Morgan fingerprint density at radius 1 is 0.440 bits per heavy atom. The molecule has 10 aromatic rings. The maximum atomic E-state index is 6.49. The number of benzene rings is 7. The molecule has 10 rings (SSSR count). The third kappa shape index (κ3) is 4.52. The molecular weight excluding hydrogens is 630 g/mol. The van der Waals surface area contributed by atoms with Crippen molar-refractivity contribution in [2.75, 3.05) is 0 Å². The molecular formula is C46H28ClN3. The van der Waals surface area contributed by atoms with Crippen LogP contribution in [0.5, 0.6) is 0 Å². The van der Waals surface area contributed by atoms with Gasteiger partial charge in [-0.05, 0) is 97.5 Å². The first kappa shape index (κ1) is 28.7. The Morgan fingerprint density at radius 3 is 1.86 bits per heavy atom. The molecule has 50 heavy (non-hydrogen) atoms. The second kappa shape index (κ2) is 11.4. The van der Waals surface area contributed by atoms with Crippen LogP contribution in [0.25, 0.3) is 93.5 Å². The van der Waals surface area contributed by atoms with E-state index in [4.69, 9.17) is 21.6 Å². The topological polar surface area (TPSA) is 30.7 Å². The lowest BCUT2D eigenvalue weighted by Crippen LogP contribution is -1.96. The predicted molar refractivity (Wildman–Crippen MR) is 210 cm³/mol. The quantitative estimate of drug-likeness (QED) is 0.176. The largest absolute Gasteiger partial charge is 0.294 e. The van der Waals surface area contributed by atoms with E-state index in [1.165, 1.54) is 49.0 Å². The predicted octanol–water partition coefficient (Wildman–Crippen LogP) is 12.7. The van der Waals surface area contributed by atoms with E-state index in [1.807, 2.05) is 30.6 Å². The van der Waals surface area contributed by atoms with Crippen LogP contribution in [0, 0.1) is 0 Å². The zero-order valence-corrected chi connectivity index (χ0v) is 27.6. The molecule has 3 aromatic heterocycles. The summed E-state index contributed by atoms with van der Waals surface area (Å²) in [6.07, 6.45) is 3.86. The van der Waals surface area contributed by atoms with E-state index in [0.717, 1.165) is 44.4 Å². The van der Waals surface area contributed by atoms with Gasteiger partial charge >= 0.3 is 0 Å². The summed E-state index contributed by atoms with van der Waals surface area (Å²) in [6, 6.07) is 55.8. The number of rotatable bonds is 4. The van der Waals surface area contributed by atoms with Crippen LogP contribution in [0.3, 0.4) is 0 Å². The Bertz CT molecular complexity index is 2880. The molecule has 0 bridgehead atoms. The van der Waals surface area contributed by atoms with Crippen LogP contribution in [0.4, 0.5) is 0 Å². The summed E-state index contributed by atoms with van der Waals surface area (Å²) >= 11 is 6.49. The third-order valence-electron chi connectivity index (χ3n) is 9.91. The van der Waals surface area contributed by atoms with E-state index in [2.05, 4.69) is 144 Å². The number of hydrogen-bond acceptors (Lipinski definition) is 2. The Labute approximate surface area is 293 Å². The van der Waals surface area contributed by atoms with Crippen molar-refractivity contribution < 1.29 is 0 Å². The summed E-state index contributed by atoms with van der Waals surface area (Å²) in [4.78, 5) is 9.83. The van der Waals surface area contributed by atoms with Crippen molar-refractivity contribution in [1.82, 2.24) is 14.5 Å². The standard InChI is InChI=1S/C46H28ClN3/c47-34-21-22-36-41-17-8-24-48-46(41)50(43(36)27-34)35-12-7-11-31(26-35)42-23-20-33(28-49-42)45-39-15-5-3-13-37(39)44(38-14-4-6-16-40(38)45)32-19-18-29-9-1-2-10-30(29)25-32/h1-28H. The van der Waals surface area contributed by atoms with E-state index in [0.29, 0.717) is 5.02 Å². The zero-order chi connectivity index (χ0) is 33.2. The minimum Gasteiger partial charge on any atom is -0.294 e. The molecule has 0 radical (unpaired) electrons. The minimum absolute atomic E-state index is 0.695. The van der Waals surface area contributed by atoms with Crippen molar-refractivity contribution in [3.63, 3.8) is 0 Å². The van der Waals surface area contributed by atoms with Gasteiger partial charge in [-0.2, -0.15) is 0 Å². The number of hydrogen-bond donors (Lipinski definition) is 0. The number of halogens is 1. The fourth-order valence-corrected chi connectivity index (χ4v) is 7.86. The van der Waals surface area contributed by atoms with E-state index in [1.54, 1.807) is 0 Å². The van der Waals surface area contributed by atoms with Crippen LogP contribution in [0.15, 0.2) is 170 Å². The van der Waals surface area contributed by atoms with Gasteiger partial charge in [-0.15, -0.1) is 0 Å². The Morgan fingerprint density at radius 2 is 1.12 bits per heavy atom. The van der Waals surface area contributed by atoms with Gasteiger partial charge < -0.3 is 0 Å². The second-order valence-corrected chi connectivity index (χ2v) is 13.2. The Kier molecular flexibility index (Phi) is 6.55. The first-order valence-electron chi connectivity index (χ1n) is 16.8. The molecule has 0 aliphatic rings. The molecule has 0 spiro atoms. The average Bonchev–Trinajstić information content (AvgIpc) is 3.50. The van der Waals surface area contributed by atoms with Crippen LogP contribution >= 0.6 is 11.6 Å². The molecule has 0 aliphatic carbocycles. The lowest BCUT2D eigenvalue weighted by atomic mass is 9.86. The summed E-state index contributed by atoms with van der Waals surface area (Å²) in [5.74, 6) is 0. The molecule has 0 amide bonds. The van der Waals surface area contributed by atoms with Gasteiger partial charge in [0.15, 0.2) is 0 Å². The molecule has 0 saturated heterocycles. The molecule has 3 nitrogen and oxygen atoms in total. The molecule has 0 aliphatic heterocycles. The van der Waals surface area contributed by atoms with E-state index in [-0.39, 0.29) is 0 Å². The summed E-state index contributed by atoms with van der Waals surface area (Å²) in [5, 5.41) is 10.3. The number of pyridine rings is 2. The van der Waals surface area contributed by atoms with Crippen LogP contribution < -0.4 is 0 Å². The molecule has 0 unspecified atom stereocenters. The van der Waals surface area contributed by atoms with Gasteiger partial charge in [-0.3, -0.25) is 9.55 Å². The smallest absolute Gasteiger partial charge is 0.145 e. The van der Waals surface area contributed by atoms with Crippen molar-refractivity contribution in [1.29, 1.82) is 0 Å². The van der Waals surface area contributed by atoms with Gasteiger partial charge in [0.2, 0.25) is 0 Å². The zero-order valence-electron chi connectivity index (χ0n) is 26.9. The molecule has 0 N–H and O–H groups in total. The number of fused-ring (bicyclic) bond motifs is 6. The fraction of sp³-hybridized carbons (Fsp3) is 0. The average molecular weight is 658 g/mol. The van der Waals surface area contributed by atoms with E-state index < -0.39 is 0 Å². The third-order valence-corrected chi connectivity index (χ3v) is 10.1. The van der Waals surface area contributed by atoms with Crippen LogP contribution in [0.2, 0.25) is 5.02 Å². The first-order valence-corrected chi connectivity index (χ1v) is 17.1. The SMILES string of the molecule is Clc1ccc2c3cccnc3n(-c3cccc(-c4ccc(-c5c6ccccc6c(-c6ccc7ccccc7c6)c6ccccc56)cn4)c3)c2c1. The van der Waals surface area contributed by atoms with Gasteiger partial charge in [-0.1, -0.05) is 121 Å². The normalized spacial score (nSPS) is 11.7. The lowest BCUT2D eigenvalue weighted by molar-refractivity contribution is 1.13. The second-order valence-electron chi connectivity index (χ2n) is 12.8. The number of nitrogens with zero attached hydrogens (tertiary/aromatic N) is 3. The van der Waals surface area contributed by atoms with Crippen molar-refractivity contribution in [2.24, 2.45) is 0 Å². The molecule has 3 heterocycles. The highest BCUT2D eigenvalue weighted by Crippen LogP contribution is 2.44. The van der Waals surface area contributed by atoms with Gasteiger partial charge in [0.05, 0.1) is 11.2 Å². The van der Waals surface area contributed by atoms with Crippen molar-refractivity contribution in [3.05, 3.63) is 175 Å². The Hall–Kier alpha value is -6.29. The molecule has 7 aromatic carbocycles. The highest BCUT2D eigenvalue weighted by atomic mass is 35.5. The fourth-order valence-electron chi connectivity index (χ4n) is 7.69. The molecule has 4 heteroatoms. The van der Waals surface area contributed by atoms with Crippen molar-refractivity contribution in [2.45, 2.75) is 0 Å². The van der Waals surface area contributed by atoms with E-state index >= 15 is 0 Å². The van der Waals surface area contributed by atoms with E-state index in [9.17, 15) is 0 Å². The van der Waals surface area contributed by atoms with Gasteiger partial charge in [0.1, 0.15) is 5.65 Å². The maximum absolute atomic E-state index is 6.49. The van der Waals surface area contributed by atoms with Gasteiger partial charge in [0, 0.05) is 45.0 Å². The van der Waals surface area contributed by atoms with Crippen molar-refractivity contribution in [3.8, 4) is 39.2 Å². The highest BCUT2D eigenvalue weighted by molar-refractivity contribution is 6.31. The molecule has 234 valence electrons. The summed E-state index contributed by atoms with van der Waals surface area (Å²) in [5.41, 5.74) is 9.63. The van der Waals surface area contributed by atoms with Crippen LogP contribution in [-0.4, -0.2) is 14.5 Å². The molecule has 0 fully saturated rings. The monoisotopic (exact) mass is 657 g/mol. The van der Waals surface area contributed by atoms with Crippen LogP contribution in [-0.2, 0) is 0 Å². The van der Waals surface area contributed by atoms with Gasteiger partial charge in [0.25, 0.3) is 0 Å². The summed E-state index contributed by atoms with van der Waals surface area (Å²) < 4.78 is 2.18. The summed E-state index contributed by atoms with van der Waals surface area (Å²) in [6.45, 7) is 0. The lowest BCUT2D eigenvalue weighted by Gasteiger charge is -2.18. The van der Waals surface area contributed by atoms with Crippen LogP contribution in [0.1, 0.15) is 0 Å². The summed E-state index contributed by atoms with van der Waals surface area (Å²) in [7, 11) is 0.